The van der Waals surface area contributed by atoms with Crippen molar-refractivity contribution < 1.29 is 4.39 Å². The van der Waals surface area contributed by atoms with Gasteiger partial charge < -0.3 is 20.5 Å². The molecule has 1 saturated heterocycles. The summed E-state index contributed by atoms with van der Waals surface area (Å²) in [7, 11) is 0. The minimum atomic E-state index is -0.402. The molecule has 1 aromatic heterocycles. The lowest BCUT2D eigenvalue weighted by Gasteiger charge is -2.29. The van der Waals surface area contributed by atoms with Crippen molar-refractivity contribution in [2.75, 3.05) is 31.1 Å². The van der Waals surface area contributed by atoms with E-state index in [0.29, 0.717) is 6.54 Å². The van der Waals surface area contributed by atoms with Crippen LogP contribution in [0.3, 0.4) is 0 Å². The standard InChI is InChI=1S/C22H27ClFN5/c1-2-4-19(25)16-5-3-6-20-21(16)27-22(28-11-9-26-10-12-28)29(20)14-15-7-8-18(24)17(23)13-15/h3,5-8,13,19,26H,2,4,9-12,14,25H2,1H3/t19-/m0/s1. The second kappa shape index (κ2) is 8.69. The van der Waals surface area contributed by atoms with Gasteiger partial charge in [0.15, 0.2) is 0 Å². The van der Waals surface area contributed by atoms with Gasteiger partial charge in [0.05, 0.1) is 22.6 Å². The predicted octanol–water partition coefficient (Wildman–Crippen LogP) is 4.09. The fourth-order valence-electron chi connectivity index (χ4n) is 4.00. The van der Waals surface area contributed by atoms with Gasteiger partial charge in [-0.2, -0.15) is 0 Å². The van der Waals surface area contributed by atoms with E-state index in [1.165, 1.54) is 6.07 Å². The number of fused-ring (bicyclic) bond motifs is 1. The van der Waals surface area contributed by atoms with Gasteiger partial charge in [-0.05, 0) is 35.7 Å². The van der Waals surface area contributed by atoms with Crippen molar-refractivity contribution in [3.8, 4) is 0 Å². The quantitative estimate of drug-likeness (QED) is 0.636. The maximum atomic E-state index is 13.6. The number of nitrogens with zero attached hydrogens (tertiary/aromatic N) is 3. The van der Waals surface area contributed by atoms with E-state index in [9.17, 15) is 4.39 Å². The van der Waals surface area contributed by atoms with Crippen LogP contribution in [0.4, 0.5) is 10.3 Å². The number of para-hydroxylation sites is 1. The van der Waals surface area contributed by atoms with Gasteiger partial charge >= 0.3 is 0 Å². The predicted molar refractivity (Wildman–Crippen MR) is 117 cm³/mol. The van der Waals surface area contributed by atoms with Crippen molar-refractivity contribution in [1.82, 2.24) is 14.9 Å². The normalized spacial score (nSPS) is 15.8. The number of piperazine rings is 1. The molecule has 29 heavy (non-hydrogen) atoms. The topological polar surface area (TPSA) is 59.1 Å². The minimum Gasteiger partial charge on any atom is -0.340 e. The van der Waals surface area contributed by atoms with E-state index in [-0.39, 0.29) is 11.1 Å². The fourth-order valence-corrected chi connectivity index (χ4v) is 4.21. The van der Waals surface area contributed by atoms with Crippen molar-refractivity contribution in [3.63, 3.8) is 0 Å². The van der Waals surface area contributed by atoms with Crippen LogP contribution in [-0.4, -0.2) is 35.7 Å². The molecule has 7 heteroatoms. The lowest BCUT2D eigenvalue weighted by atomic mass is 10.0. The van der Waals surface area contributed by atoms with Crippen LogP contribution in [-0.2, 0) is 6.54 Å². The van der Waals surface area contributed by atoms with Gasteiger partial charge in [-0.3, -0.25) is 0 Å². The maximum absolute atomic E-state index is 13.6. The van der Waals surface area contributed by atoms with Crippen molar-refractivity contribution >= 4 is 28.6 Å². The molecule has 0 unspecified atom stereocenters. The van der Waals surface area contributed by atoms with Crippen molar-refractivity contribution in [2.24, 2.45) is 5.73 Å². The summed E-state index contributed by atoms with van der Waals surface area (Å²) in [5.74, 6) is 0.527. The van der Waals surface area contributed by atoms with Gasteiger partial charge in [0.25, 0.3) is 0 Å². The Labute approximate surface area is 175 Å². The molecule has 2 heterocycles. The maximum Gasteiger partial charge on any atom is 0.206 e. The monoisotopic (exact) mass is 415 g/mol. The van der Waals surface area contributed by atoms with Gasteiger partial charge in [-0.15, -0.1) is 0 Å². The molecule has 0 radical (unpaired) electrons. The molecule has 1 aliphatic heterocycles. The highest BCUT2D eigenvalue weighted by molar-refractivity contribution is 6.30. The van der Waals surface area contributed by atoms with Crippen LogP contribution in [0.1, 0.15) is 36.9 Å². The third-order valence-corrected chi connectivity index (χ3v) is 5.80. The Morgan fingerprint density at radius 3 is 2.76 bits per heavy atom. The number of hydrogen-bond acceptors (Lipinski definition) is 4. The Morgan fingerprint density at radius 1 is 1.24 bits per heavy atom. The molecule has 3 N–H and O–H groups in total. The molecular formula is C22H27ClFN5. The summed E-state index contributed by atoms with van der Waals surface area (Å²) in [6.07, 6.45) is 1.94. The van der Waals surface area contributed by atoms with Crippen LogP contribution in [0.25, 0.3) is 11.0 Å². The fraction of sp³-hybridized carbons (Fsp3) is 0.409. The highest BCUT2D eigenvalue weighted by atomic mass is 35.5. The molecule has 5 nitrogen and oxygen atoms in total. The number of rotatable bonds is 6. The molecule has 1 atom stereocenters. The zero-order valence-electron chi connectivity index (χ0n) is 16.7. The Kier molecular flexibility index (Phi) is 6.04. The van der Waals surface area contributed by atoms with E-state index in [1.54, 1.807) is 12.1 Å². The third kappa shape index (κ3) is 4.10. The number of benzene rings is 2. The lowest BCUT2D eigenvalue weighted by molar-refractivity contribution is 0.571. The molecule has 3 aromatic rings. The number of aromatic nitrogens is 2. The van der Waals surface area contributed by atoms with Crippen LogP contribution in [0.5, 0.6) is 0 Å². The van der Waals surface area contributed by atoms with E-state index in [0.717, 1.165) is 67.1 Å². The Morgan fingerprint density at radius 2 is 2.03 bits per heavy atom. The first-order valence-corrected chi connectivity index (χ1v) is 10.6. The number of anilines is 1. The summed E-state index contributed by atoms with van der Waals surface area (Å²) < 4.78 is 15.8. The average molecular weight is 416 g/mol. The molecule has 0 aliphatic carbocycles. The van der Waals surface area contributed by atoms with Crippen LogP contribution < -0.4 is 16.0 Å². The summed E-state index contributed by atoms with van der Waals surface area (Å²) in [6.45, 7) is 6.35. The lowest BCUT2D eigenvalue weighted by Crippen LogP contribution is -2.44. The van der Waals surface area contributed by atoms with Gasteiger partial charge in [0.2, 0.25) is 5.95 Å². The van der Waals surface area contributed by atoms with Gasteiger partial charge in [0.1, 0.15) is 5.82 Å². The molecule has 1 aliphatic rings. The highest BCUT2D eigenvalue weighted by Gasteiger charge is 2.22. The van der Waals surface area contributed by atoms with Crippen LogP contribution in [0.15, 0.2) is 36.4 Å². The third-order valence-electron chi connectivity index (χ3n) is 5.51. The molecular weight excluding hydrogens is 389 g/mol. The number of nitrogens with two attached hydrogens (primary N) is 1. The summed E-state index contributed by atoms with van der Waals surface area (Å²) >= 11 is 6.03. The van der Waals surface area contributed by atoms with Crippen LogP contribution in [0, 0.1) is 5.82 Å². The number of nitrogens with one attached hydrogen (secondary N) is 1. The molecule has 4 rings (SSSR count). The average Bonchev–Trinajstić information content (AvgIpc) is 3.10. The molecule has 1 fully saturated rings. The second-order valence-electron chi connectivity index (χ2n) is 7.59. The van der Waals surface area contributed by atoms with Gasteiger partial charge in [-0.1, -0.05) is 43.1 Å². The number of hydrogen-bond donors (Lipinski definition) is 2. The Balaban J connectivity index is 1.82. The largest absolute Gasteiger partial charge is 0.340 e. The first kappa shape index (κ1) is 20.1. The van der Waals surface area contributed by atoms with E-state index in [1.807, 2.05) is 6.07 Å². The van der Waals surface area contributed by atoms with Crippen molar-refractivity contribution in [3.05, 3.63) is 58.4 Å². The van der Waals surface area contributed by atoms with E-state index < -0.39 is 5.82 Å². The van der Waals surface area contributed by atoms with Crippen molar-refractivity contribution in [2.45, 2.75) is 32.4 Å². The van der Waals surface area contributed by atoms with Gasteiger partial charge in [-0.25, -0.2) is 9.37 Å². The molecule has 154 valence electrons. The molecule has 0 spiro atoms. The zero-order chi connectivity index (χ0) is 20.4. The smallest absolute Gasteiger partial charge is 0.206 e. The number of imidazole rings is 1. The Bertz CT molecular complexity index is 996. The first-order chi connectivity index (χ1) is 14.1. The second-order valence-corrected chi connectivity index (χ2v) is 8.00. The SMILES string of the molecule is CCC[C@H](N)c1cccc2c1nc(N1CCNCC1)n2Cc1ccc(F)c(Cl)c1. The highest BCUT2D eigenvalue weighted by Crippen LogP contribution is 2.31. The molecule has 2 aromatic carbocycles. The van der Waals surface area contributed by atoms with E-state index in [2.05, 4.69) is 33.8 Å². The Hall–Kier alpha value is -2.15. The summed E-state index contributed by atoms with van der Waals surface area (Å²) in [4.78, 5) is 7.35. The summed E-state index contributed by atoms with van der Waals surface area (Å²) in [5.41, 5.74) is 10.5. The molecule has 0 bridgehead atoms. The van der Waals surface area contributed by atoms with E-state index in [4.69, 9.17) is 22.3 Å². The number of halogens is 2. The van der Waals surface area contributed by atoms with Crippen LogP contribution in [0.2, 0.25) is 5.02 Å². The first-order valence-electron chi connectivity index (χ1n) is 10.2. The zero-order valence-corrected chi connectivity index (χ0v) is 17.4. The summed E-state index contributed by atoms with van der Waals surface area (Å²) in [5, 5.41) is 3.53. The summed E-state index contributed by atoms with van der Waals surface area (Å²) in [6, 6.07) is 11.1. The van der Waals surface area contributed by atoms with Crippen LogP contribution >= 0.6 is 11.6 Å². The van der Waals surface area contributed by atoms with E-state index >= 15 is 0 Å². The molecule has 0 saturated carbocycles. The molecule has 0 amide bonds. The minimum absolute atomic E-state index is 0.0387. The van der Waals surface area contributed by atoms with Crippen molar-refractivity contribution in [1.29, 1.82) is 0 Å². The van der Waals surface area contributed by atoms with Gasteiger partial charge in [0, 0.05) is 32.2 Å².